The zero-order valence-electron chi connectivity index (χ0n) is 15.9. The Hall–Kier alpha value is -3.09. The van der Waals surface area contributed by atoms with E-state index in [2.05, 4.69) is 10.6 Å². The lowest BCUT2D eigenvalue weighted by Gasteiger charge is -2.17. The first kappa shape index (κ1) is 20.2. The molecule has 0 aliphatic rings. The maximum atomic E-state index is 12.4. The summed E-state index contributed by atoms with van der Waals surface area (Å²) in [4.78, 5) is 35.3. The Morgan fingerprint density at radius 1 is 1.15 bits per heavy atom. The fourth-order valence-corrected chi connectivity index (χ4v) is 2.57. The van der Waals surface area contributed by atoms with Gasteiger partial charge in [-0.15, -0.1) is 0 Å². The number of rotatable bonds is 8. The fraction of sp³-hybridized carbons (Fsp3) is 0.350. The van der Waals surface area contributed by atoms with Gasteiger partial charge in [0.2, 0.25) is 17.2 Å². The fourth-order valence-electron chi connectivity index (χ4n) is 2.57. The SMILES string of the molecule is CC(=O)NCCC(=O)NCc1c(OCc2ccccc2)c(=O)cc(C)n1C. The summed E-state index contributed by atoms with van der Waals surface area (Å²) in [6, 6.07) is 11.1. The maximum Gasteiger partial charge on any atom is 0.224 e. The Kier molecular flexibility index (Phi) is 7.16. The third-order valence-corrected chi connectivity index (χ3v) is 4.16. The van der Waals surface area contributed by atoms with Gasteiger partial charge in [-0.05, 0) is 12.5 Å². The van der Waals surface area contributed by atoms with Gasteiger partial charge in [-0.25, -0.2) is 0 Å². The molecule has 2 rings (SSSR count). The van der Waals surface area contributed by atoms with E-state index in [-0.39, 0.29) is 49.1 Å². The van der Waals surface area contributed by atoms with Gasteiger partial charge in [0.1, 0.15) is 6.61 Å². The second-order valence-corrected chi connectivity index (χ2v) is 6.27. The van der Waals surface area contributed by atoms with E-state index in [1.807, 2.05) is 48.9 Å². The van der Waals surface area contributed by atoms with Crippen LogP contribution in [0.1, 0.15) is 30.3 Å². The van der Waals surface area contributed by atoms with Crippen LogP contribution >= 0.6 is 0 Å². The predicted octanol–water partition coefficient (Wildman–Crippen LogP) is 1.42. The van der Waals surface area contributed by atoms with E-state index in [4.69, 9.17) is 4.74 Å². The van der Waals surface area contributed by atoms with Crippen LogP contribution in [0.3, 0.4) is 0 Å². The second kappa shape index (κ2) is 9.56. The first-order valence-corrected chi connectivity index (χ1v) is 8.76. The molecule has 1 aromatic heterocycles. The van der Waals surface area contributed by atoms with E-state index in [0.29, 0.717) is 5.69 Å². The minimum atomic E-state index is -0.218. The summed E-state index contributed by atoms with van der Waals surface area (Å²) in [6.07, 6.45) is 0.166. The molecule has 0 saturated heterocycles. The summed E-state index contributed by atoms with van der Waals surface area (Å²) in [5.74, 6) is -0.165. The number of hydrogen-bond donors (Lipinski definition) is 2. The highest BCUT2D eigenvalue weighted by Gasteiger charge is 2.15. The molecule has 0 bridgehead atoms. The van der Waals surface area contributed by atoms with Gasteiger partial charge in [-0.3, -0.25) is 14.4 Å². The van der Waals surface area contributed by atoms with Gasteiger partial charge in [-0.1, -0.05) is 30.3 Å². The van der Waals surface area contributed by atoms with Crippen molar-refractivity contribution in [3.05, 3.63) is 63.6 Å². The molecule has 0 spiro atoms. The van der Waals surface area contributed by atoms with Gasteiger partial charge >= 0.3 is 0 Å². The van der Waals surface area contributed by atoms with Gasteiger partial charge in [-0.2, -0.15) is 0 Å². The van der Waals surface area contributed by atoms with Crippen molar-refractivity contribution >= 4 is 11.8 Å². The monoisotopic (exact) mass is 371 g/mol. The molecule has 0 aliphatic heterocycles. The molecule has 2 N–H and O–H groups in total. The highest BCUT2D eigenvalue weighted by atomic mass is 16.5. The molecule has 0 radical (unpaired) electrons. The number of nitrogens with zero attached hydrogens (tertiary/aromatic N) is 1. The number of aromatic nitrogens is 1. The minimum Gasteiger partial charge on any atom is -0.483 e. The van der Waals surface area contributed by atoms with E-state index in [1.165, 1.54) is 13.0 Å². The normalized spacial score (nSPS) is 10.3. The Balaban J connectivity index is 2.10. The Bertz CT molecular complexity index is 860. The smallest absolute Gasteiger partial charge is 0.224 e. The summed E-state index contributed by atoms with van der Waals surface area (Å²) >= 11 is 0. The molecule has 1 heterocycles. The molecule has 27 heavy (non-hydrogen) atoms. The number of carbonyl (C=O) groups is 2. The molecule has 2 aromatic rings. The van der Waals surface area contributed by atoms with Crippen LogP contribution in [0.25, 0.3) is 0 Å². The molecule has 2 amide bonds. The number of pyridine rings is 1. The van der Waals surface area contributed by atoms with E-state index in [0.717, 1.165) is 11.3 Å². The highest BCUT2D eigenvalue weighted by Crippen LogP contribution is 2.16. The molecule has 0 unspecified atom stereocenters. The second-order valence-electron chi connectivity index (χ2n) is 6.27. The molecule has 1 aromatic carbocycles. The number of carbonyl (C=O) groups excluding carboxylic acids is 2. The lowest BCUT2D eigenvalue weighted by atomic mass is 10.2. The number of nitrogens with one attached hydrogen (secondary N) is 2. The molecule has 7 nitrogen and oxygen atoms in total. The van der Waals surface area contributed by atoms with Gasteiger partial charge < -0.3 is 19.9 Å². The molecule has 144 valence electrons. The van der Waals surface area contributed by atoms with Crippen molar-refractivity contribution in [2.24, 2.45) is 7.05 Å². The molecule has 0 saturated carbocycles. The number of benzene rings is 1. The Labute approximate surface area is 158 Å². The number of amides is 2. The van der Waals surface area contributed by atoms with Gasteiger partial charge in [0, 0.05) is 38.7 Å². The predicted molar refractivity (Wildman–Crippen MR) is 102 cm³/mol. The summed E-state index contributed by atoms with van der Waals surface area (Å²) < 4.78 is 7.62. The average Bonchev–Trinajstić information content (AvgIpc) is 2.63. The Morgan fingerprint density at radius 3 is 2.52 bits per heavy atom. The summed E-state index contributed by atoms with van der Waals surface area (Å²) in [5.41, 5.74) is 2.10. The molecular weight excluding hydrogens is 346 g/mol. The van der Waals surface area contributed by atoms with Crippen LogP contribution in [-0.4, -0.2) is 22.9 Å². The third-order valence-electron chi connectivity index (χ3n) is 4.16. The van der Waals surface area contributed by atoms with Crippen LogP contribution in [0.4, 0.5) is 0 Å². The van der Waals surface area contributed by atoms with E-state index >= 15 is 0 Å². The third kappa shape index (κ3) is 5.99. The molecule has 0 aliphatic carbocycles. The lowest BCUT2D eigenvalue weighted by Crippen LogP contribution is -2.31. The van der Waals surface area contributed by atoms with Gasteiger partial charge in [0.05, 0.1) is 12.2 Å². The standard InChI is InChI=1S/C20H25N3O4/c1-14-11-18(25)20(27-13-16-7-5-4-6-8-16)17(23(14)3)12-22-19(26)9-10-21-15(2)24/h4-8,11H,9-10,12-13H2,1-3H3,(H,21,24)(H,22,26). The van der Waals surface area contributed by atoms with Crippen LogP contribution in [0.5, 0.6) is 5.75 Å². The van der Waals surface area contributed by atoms with Crippen molar-refractivity contribution in [3.8, 4) is 5.75 Å². The van der Waals surface area contributed by atoms with Gasteiger partial charge in [0.25, 0.3) is 0 Å². The van der Waals surface area contributed by atoms with Crippen molar-refractivity contribution in [1.82, 2.24) is 15.2 Å². The van der Waals surface area contributed by atoms with Crippen LogP contribution in [0.2, 0.25) is 0 Å². The average molecular weight is 371 g/mol. The number of aryl methyl sites for hydroxylation is 1. The zero-order chi connectivity index (χ0) is 19.8. The van der Waals surface area contributed by atoms with E-state index in [1.54, 1.807) is 0 Å². The van der Waals surface area contributed by atoms with Crippen LogP contribution in [0.15, 0.2) is 41.2 Å². The molecule has 0 fully saturated rings. The highest BCUT2D eigenvalue weighted by molar-refractivity contribution is 5.77. The first-order chi connectivity index (χ1) is 12.9. The summed E-state index contributed by atoms with van der Waals surface area (Å²) in [5, 5.41) is 5.35. The quantitative estimate of drug-likeness (QED) is 0.734. The lowest BCUT2D eigenvalue weighted by molar-refractivity contribution is -0.121. The summed E-state index contributed by atoms with van der Waals surface area (Å²) in [7, 11) is 1.82. The van der Waals surface area contributed by atoms with Crippen molar-refractivity contribution in [2.75, 3.05) is 6.54 Å². The van der Waals surface area contributed by atoms with Crippen molar-refractivity contribution < 1.29 is 14.3 Å². The van der Waals surface area contributed by atoms with Crippen LogP contribution in [-0.2, 0) is 29.8 Å². The molecule has 7 heteroatoms. The minimum absolute atomic E-state index is 0.163. The molecular formula is C20H25N3O4. The van der Waals surface area contributed by atoms with Crippen molar-refractivity contribution in [2.45, 2.75) is 33.4 Å². The maximum absolute atomic E-state index is 12.4. The van der Waals surface area contributed by atoms with Crippen molar-refractivity contribution in [3.63, 3.8) is 0 Å². The van der Waals surface area contributed by atoms with Crippen LogP contribution < -0.4 is 20.8 Å². The van der Waals surface area contributed by atoms with E-state index in [9.17, 15) is 14.4 Å². The van der Waals surface area contributed by atoms with Crippen molar-refractivity contribution in [1.29, 1.82) is 0 Å². The number of hydrogen-bond acceptors (Lipinski definition) is 4. The largest absolute Gasteiger partial charge is 0.483 e. The zero-order valence-corrected chi connectivity index (χ0v) is 15.9. The Morgan fingerprint density at radius 2 is 1.85 bits per heavy atom. The first-order valence-electron chi connectivity index (χ1n) is 8.76. The van der Waals surface area contributed by atoms with Gasteiger partial charge in [0.15, 0.2) is 5.75 Å². The van der Waals surface area contributed by atoms with Crippen LogP contribution in [0, 0.1) is 6.92 Å². The molecule has 0 atom stereocenters. The topological polar surface area (TPSA) is 89.4 Å². The van der Waals surface area contributed by atoms with E-state index < -0.39 is 0 Å². The number of ether oxygens (including phenoxy) is 1. The summed E-state index contributed by atoms with van der Waals surface area (Å²) in [6.45, 7) is 3.92.